The quantitative estimate of drug-likeness (QED) is 0.664. The summed E-state index contributed by atoms with van der Waals surface area (Å²) in [5.41, 5.74) is 1.49. The van der Waals surface area contributed by atoms with Crippen molar-refractivity contribution < 1.29 is 14.0 Å². The minimum absolute atomic E-state index is 0.114. The van der Waals surface area contributed by atoms with Crippen LogP contribution in [-0.2, 0) is 14.0 Å². The van der Waals surface area contributed by atoms with E-state index in [1.54, 1.807) is 0 Å². The van der Waals surface area contributed by atoms with Crippen LogP contribution in [0, 0.1) is 5.92 Å². The summed E-state index contributed by atoms with van der Waals surface area (Å²) in [5, 5.41) is 0. The van der Waals surface area contributed by atoms with Crippen molar-refractivity contribution in [3.05, 3.63) is 11.3 Å². The Kier molecular flexibility index (Phi) is 4.15. The van der Waals surface area contributed by atoms with Gasteiger partial charge in [0.2, 0.25) is 0 Å². The molecule has 0 aliphatic heterocycles. The number of fused-ring (bicyclic) bond motifs is 2. The Labute approximate surface area is 105 Å². The molecule has 0 aromatic rings. The lowest BCUT2D eigenvalue weighted by Crippen LogP contribution is -2.32. The van der Waals surface area contributed by atoms with Crippen molar-refractivity contribution in [3.8, 4) is 0 Å². The number of hydrogen-bond acceptors (Lipinski definition) is 3. The first-order valence-corrected chi connectivity index (χ1v) is 6.73. The van der Waals surface area contributed by atoms with Gasteiger partial charge < -0.3 is 14.0 Å². The lowest BCUT2D eigenvalue weighted by Gasteiger charge is -2.22. The van der Waals surface area contributed by atoms with Crippen LogP contribution < -0.4 is 0 Å². The van der Waals surface area contributed by atoms with Gasteiger partial charge in [-0.2, -0.15) is 0 Å². The van der Waals surface area contributed by atoms with Gasteiger partial charge in [0.15, 0.2) is 0 Å². The Morgan fingerprint density at radius 2 is 1.71 bits per heavy atom. The highest BCUT2D eigenvalue weighted by Crippen LogP contribution is 2.44. The minimum atomic E-state index is -0.545. The third-order valence-electron chi connectivity index (χ3n) is 3.26. The molecule has 4 heteroatoms. The normalized spacial score (nSPS) is 23.1. The van der Waals surface area contributed by atoms with Gasteiger partial charge in [-0.25, -0.2) is 0 Å². The van der Waals surface area contributed by atoms with Crippen LogP contribution in [0.2, 0.25) is 0 Å². The van der Waals surface area contributed by atoms with E-state index in [1.165, 1.54) is 24.8 Å². The van der Waals surface area contributed by atoms with E-state index in [9.17, 15) is 0 Å². The number of hydrogen-bond donors (Lipinski definition) is 0. The summed E-state index contributed by atoms with van der Waals surface area (Å²) in [6.07, 6.45) is 5.07. The van der Waals surface area contributed by atoms with Crippen LogP contribution in [0.25, 0.3) is 0 Å². The van der Waals surface area contributed by atoms with Gasteiger partial charge in [0.1, 0.15) is 0 Å². The molecule has 1 fully saturated rings. The molecule has 2 rings (SSSR count). The predicted molar refractivity (Wildman–Crippen MR) is 68.3 cm³/mol. The highest BCUT2D eigenvalue weighted by molar-refractivity contribution is 6.36. The van der Waals surface area contributed by atoms with Crippen LogP contribution in [-0.4, -0.2) is 19.5 Å². The van der Waals surface area contributed by atoms with Crippen LogP contribution in [0.5, 0.6) is 0 Å². The van der Waals surface area contributed by atoms with Gasteiger partial charge in [-0.15, -0.1) is 0 Å². The van der Waals surface area contributed by atoms with Crippen LogP contribution >= 0.6 is 0 Å². The smallest absolute Gasteiger partial charge is 0.515 e. The van der Waals surface area contributed by atoms with E-state index in [0.717, 1.165) is 18.1 Å². The zero-order chi connectivity index (χ0) is 12.4. The van der Waals surface area contributed by atoms with Crippen molar-refractivity contribution in [2.24, 2.45) is 5.92 Å². The maximum Gasteiger partial charge on any atom is 0.713 e. The Hall–Kier alpha value is -0.475. The number of rotatable bonds is 6. The van der Waals surface area contributed by atoms with E-state index in [4.69, 9.17) is 14.0 Å². The average molecular weight is 238 g/mol. The summed E-state index contributed by atoms with van der Waals surface area (Å²) in [7, 11) is -0.545. The molecule has 0 radical (unpaired) electrons. The largest absolute Gasteiger partial charge is 0.713 e. The highest BCUT2D eigenvalue weighted by Gasteiger charge is 2.36. The van der Waals surface area contributed by atoms with E-state index in [1.807, 2.05) is 27.7 Å². The van der Waals surface area contributed by atoms with Gasteiger partial charge in [-0.3, -0.25) is 0 Å². The molecule has 0 heterocycles. The molecule has 96 valence electrons. The molecule has 1 atom stereocenters. The summed E-state index contributed by atoms with van der Waals surface area (Å²) >= 11 is 0. The zero-order valence-corrected chi connectivity index (χ0v) is 11.4. The summed E-state index contributed by atoms with van der Waals surface area (Å²) in [6, 6.07) is 0. The maximum atomic E-state index is 5.90. The first-order valence-electron chi connectivity index (χ1n) is 6.73. The van der Waals surface area contributed by atoms with Crippen molar-refractivity contribution >= 4 is 7.32 Å². The van der Waals surface area contributed by atoms with E-state index in [0.29, 0.717) is 0 Å². The predicted octanol–water partition coefficient (Wildman–Crippen LogP) is 3.30. The molecule has 1 unspecified atom stereocenters. The molecule has 0 N–H and O–H groups in total. The second-order valence-electron chi connectivity index (χ2n) is 5.62. The van der Waals surface area contributed by atoms with Gasteiger partial charge in [0.05, 0.1) is 5.76 Å². The lowest BCUT2D eigenvalue weighted by atomic mass is 10.0. The van der Waals surface area contributed by atoms with Gasteiger partial charge >= 0.3 is 7.32 Å². The first kappa shape index (κ1) is 13.0. The van der Waals surface area contributed by atoms with Gasteiger partial charge in [0.25, 0.3) is 0 Å². The molecule has 17 heavy (non-hydrogen) atoms. The zero-order valence-electron chi connectivity index (χ0n) is 11.4. The molecule has 0 spiro atoms. The van der Waals surface area contributed by atoms with Gasteiger partial charge in [0, 0.05) is 18.6 Å². The van der Waals surface area contributed by atoms with E-state index in [-0.39, 0.29) is 12.2 Å². The molecular formula is C13H23BO3. The van der Waals surface area contributed by atoms with E-state index < -0.39 is 7.32 Å². The average Bonchev–Trinajstić information content (AvgIpc) is 2.76. The fourth-order valence-electron chi connectivity index (χ4n) is 2.54. The van der Waals surface area contributed by atoms with Crippen molar-refractivity contribution in [1.29, 1.82) is 0 Å². The summed E-state index contributed by atoms with van der Waals surface area (Å²) in [6.45, 7) is 7.99. The first-order chi connectivity index (χ1) is 8.04. The molecule has 2 bridgehead atoms. The fraction of sp³-hybridized carbons (Fsp3) is 0.846. The van der Waals surface area contributed by atoms with Crippen LogP contribution in [0.15, 0.2) is 11.3 Å². The Balaban J connectivity index is 1.92. The van der Waals surface area contributed by atoms with Crippen molar-refractivity contribution in [2.45, 2.75) is 65.6 Å². The Morgan fingerprint density at radius 3 is 2.12 bits per heavy atom. The summed E-state index contributed by atoms with van der Waals surface area (Å²) < 4.78 is 17.2. The van der Waals surface area contributed by atoms with Crippen molar-refractivity contribution in [3.63, 3.8) is 0 Å². The minimum Gasteiger partial charge on any atom is -0.515 e. The van der Waals surface area contributed by atoms with E-state index in [2.05, 4.69) is 0 Å². The number of allylic oxidation sites excluding steroid dienone is 2. The molecule has 0 aromatic heterocycles. The Morgan fingerprint density at radius 1 is 1.06 bits per heavy atom. The standard InChI is InChI=1S/C13H23BO3/c1-9(2)15-14(16-10(3)4)17-13-8-11-5-6-12(13)7-11/h9-11H,5-8H2,1-4H3. The second-order valence-corrected chi connectivity index (χ2v) is 5.62. The molecule has 0 amide bonds. The SMILES string of the molecule is CC(C)OB(OC1=C2CCC(C2)C1)OC(C)C. The summed E-state index contributed by atoms with van der Waals surface area (Å²) in [5.74, 6) is 1.95. The fourth-order valence-corrected chi connectivity index (χ4v) is 2.54. The van der Waals surface area contributed by atoms with E-state index >= 15 is 0 Å². The molecule has 1 saturated carbocycles. The molecule has 2 aliphatic carbocycles. The van der Waals surface area contributed by atoms with Crippen LogP contribution in [0.1, 0.15) is 53.4 Å². The van der Waals surface area contributed by atoms with Crippen LogP contribution in [0.3, 0.4) is 0 Å². The van der Waals surface area contributed by atoms with Crippen LogP contribution in [0.4, 0.5) is 0 Å². The highest BCUT2D eigenvalue weighted by atomic mass is 16.7. The van der Waals surface area contributed by atoms with Crippen molar-refractivity contribution in [2.75, 3.05) is 0 Å². The molecule has 0 saturated heterocycles. The van der Waals surface area contributed by atoms with Crippen molar-refractivity contribution in [1.82, 2.24) is 0 Å². The summed E-state index contributed by atoms with van der Waals surface area (Å²) in [4.78, 5) is 0. The van der Waals surface area contributed by atoms with Gasteiger partial charge in [-0.1, -0.05) is 0 Å². The molecule has 0 aromatic carbocycles. The van der Waals surface area contributed by atoms with Gasteiger partial charge in [-0.05, 0) is 58.4 Å². The maximum absolute atomic E-state index is 5.90. The monoisotopic (exact) mass is 238 g/mol. The topological polar surface area (TPSA) is 27.7 Å². The Bertz CT molecular complexity index is 289. The third kappa shape index (κ3) is 3.49. The third-order valence-corrected chi connectivity index (χ3v) is 3.26. The molecule has 3 nitrogen and oxygen atoms in total. The molecular weight excluding hydrogens is 215 g/mol. The molecule has 2 aliphatic rings. The second kappa shape index (κ2) is 5.45. The lowest BCUT2D eigenvalue weighted by molar-refractivity contribution is 0.0651.